The molecule has 37 heavy (non-hydrogen) atoms. The zero-order valence-electron chi connectivity index (χ0n) is 20.4. The molecule has 0 fully saturated rings. The number of rotatable bonds is 5. The van der Waals surface area contributed by atoms with Gasteiger partial charge in [0, 0.05) is 29.1 Å². The Labute approximate surface area is 214 Å². The molecule has 0 atom stereocenters. The van der Waals surface area contributed by atoms with Gasteiger partial charge >= 0.3 is 6.03 Å². The Hall–Kier alpha value is -5.04. The molecular formula is C30H26N2O5. The van der Waals surface area contributed by atoms with Gasteiger partial charge in [-0.15, -0.1) is 0 Å². The van der Waals surface area contributed by atoms with E-state index < -0.39 is 0 Å². The fourth-order valence-corrected chi connectivity index (χ4v) is 3.52. The van der Waals surface area contributed by atoms with Crippen LogP contribution in [0.25, 0.3) is 22.3 Å². The van der Waals surface area contributed by atoms with E-state index >= 15 is 0 Å². The van der Waals surface area contributed by atoms with Crippen molar-refractivity contribution in [1.82, 2.24) is 0 Å². The molecule has 2 N–H and O–H groups in total. The minimum Gasteiger partial charge on any atom is -0.497 e. The zero-order chi connectivity index (χ0) is 26.0. The van der Waals surface area contributed by atoms with E-state index in [-0.39, 0.29) is 11.5 Å². The summed E-state index contributed by atoms with van der Waals surface area (Å²) in [4.78, 5) is 23.8. The molecule has 0 spiro atoms. The van der Waals surface area contributed by atoms with Gasteiger partial charge in [0.25, 0.3) is 0 Å². The molecule has 0 bridgehead atoms. The Morgan fingerprint density at radius 3 is 1.86 bits per heavy atom. The number of ether oxygens (including phenoxy) is 2. The van der Waals surface area contributed by atoms with Crippen LogP contribution in [0.3, 0.4) is 0 Å². The van der Waals surface area contributed by atoms with Crippen LogP contribution < -0.4 is 25.5 Å². The third-order valence-corrected chi connectivity index (χ3v) is 5.35. The van der Waals surface area contributed by atoms with Crippen LogP contribution in [0.4, 0.5) is 16.2 Å². The highest BCUT2D eigenvalue weighted by Gasteiger charge is 2.09. The largest absolute Gasteiger partial charge is 0.497 e. The SMILES string of the molecule is COc1cccc(-c2cc(=O)c3ccc(OC)cc3o2)c1.O=C(Nc1ccccc1)Nc1ccccc1. The van der Waals surface area contributed by atoms with E-state index in [1.807, 2.05) is 84.9 Å². The van der Waals surface area contributed by atoms with Gasteiger partial charge in [0.2, 0.25) is 0 Å². The Bertz CT molecular complexity index is 1490. The molecule has 0 aliphatic rings. The van der Waals surface area contributed by atoms with Crippen molar-refractivity contribution in [3.63, 3.8) is 0 Å². The van der Waals surface area contributed by atoms with Crippen LogP contribution in [0.2, 0.25) is 0 Å². The van der Waals surface area contributed by atoms with Crippen LogP contribution in [0.1, 0.15) is 0 Å². The number of nitrogens with one attached hydrogen (secondary N) is 2. The molecule has 5 rings (SSSR count). The summed E-state index contributed by atoms with van der Waals surface area (Å²) in [6, 6.07) is 32.4. The van der Waals surface area contributed by atoms with Crippen LogP contribution in [0.5, 0.6) is 11.5 Å². The highest BCUT2D eigenvalue weighted by atomic mass is 16.5. The van der Waals surface area contributed by atoms with Crippen LogP contribution >= 0.6 is 0 Å². The van der Waals surface area contributed by atoms with E-state index in [1.54, 1.807) is 32.4 Å². The molecule has 0 unspecified atom stereocenters. The van der Waals surface area contributed by atoms with Crippen molar-refractivity contribution >= 4 is 28.4 Å². The van der Waals surface area contributed by atoms with E-state index in [2.05, 4.69) is 10.6 Å². The molecule has 7 nitrogen and oxygen atoms in total. The molecule has 1 aromatic heterocycles. The first-order valence-corrected chi connectivity index (χ1v) is 11.5. The van der Waals surface area contributed by atoms with Crippen LogP contribution in [-0.4, -0.2) is 20.3 Å². The summed E-state index contributed by atoms with van der Waals surface area (Å²) in [5.41, 5.74) is 2.75. The first-order valence-electron chi connectivity index (χ1n) is 11.5. The number of carbonyl (C=O) groups is 1. The van der Waals surface area contributed by atoms with Gasteiger partial charge < -0.3 is 24.5 Å². The summed E-state index contributed by atoms with van der Waals surface area (Å²) >= 11 is 0. The van der Waals surface area contributed by atoms with Gasteiger partial charge in [0.15, 0.2) is 5.43 Å². The second-order valence-corrected chi connectivity index (χ2v) is 7.88. The van der Waals surface area contributed by atoms with Crippen LogP contribution in [0.15, 0.2) is 118 Å². The first-order chi connectivity index (χ1) is 18.1. The Morgan fingerprint density at radius 2 is 1.27 bits per heavy atom. The van der Waals surface area contributed by atoms with E-state index in [4.69, 9.17) is 13.9 Å². The fraction of sp³-hybridized carbons (Fsp3) is 0.0667. The van der Waals surface area contributed by atoms with Crippen molar-refractivity contribution < 1.29 is 18.7 Å². The molecule has 4 aromatic carbocycles. The number of amides is 2. The van der Waals surface area contributed by atoms with Crippen molar-refractivity contribution in [2.75, 3.05) is 24.9 Å². The van der Waals surface area contributed by atoms with Crippen LogP contribution in [0, 0.1) is 0 Å². The minimum absolute atomic E-state index is 0.0864. The van der Waals surface area contributed by atoms with Gasteiger partial charge in [-0.1, -0.05) is 48.5 Å². The normalized spacial score (nSPS) is 10.1. The minimum atomic E-state index is -0.239. The van der Waals surface area contributed by atoms with Crippen molar-refractivity contribution in [1.29, 1.82) is 0 Å². The predicted octanol–water partition coefficient (Wildman–Crippen LogP) is 6.81. The summed E-state index contributed by atoms with van der Waals surface area (Å²) in [7, 11) is 3.17. The predicted molar refractivity (Wildman–Crippen MR) is 147 cm³/mol. The Balaban J connectivity index is 0.000000180. The molecule has 0 saturated carbocycles. The van der Waals surface area contributed by atoms with Crippen LogP contribution in [-0.2, 0) is 0 Å². The number of benzene rings is 4. The summed E-state index contributed by atoms with van der Waals surface area (Å²) in [6.45, 7) is 0. The number of urea groups is 1. The van der Waals surface area contributed by atoms with Gasteiger partial charge in [-0.2, -0.15) is 0 Å². The smallest absolute Gasteiger partial charge is 0.323 e. The van der Waals surface area contributed by atoms with Crippen molar-refractivity contribution in [3.05, 3.63) is 119 Å². The standard InChI is InChI=1S/C17H14O4.C13H12N2O/c1-19-12-5-3-4-11(8-12)16-10-15(18)14-7-6-13(20-2)9-17(14)21-16;16-13(14-11-7-3-1-4-8-11)15-12-9-5-2-6-10-12/h3-10H,1-2H3;1-10H,(H2,14,15,16). The highest BCUT2D eigenvalue weighted by Crippen LogP contribution is 2.27. The lowest BCUT2D eigenvalue weighted by atomic mass is 10.1. The van der Waals surface area contributed by atoms with E-state index in [9.17, 15) is 9.59 Å². The van der Waals surface area contributed by atoms with Gasteiger partial charge in [-0.05, 0) is 48.5 Å². The van der Waals surface area contributed by atoms with E-state index in [0.717, 1.165) is 16.9 Å². The summed E-state index contributed by atoms with van der Waals surface area (Å²) in [5, 5.41) is 6.01. The molecule has 0 aliphatic heterocycles. The third kappa shape index (κ3) is 6.76. The topological polar surface area (TPSA) is 89.8 Å². The molecule has 186 valence electrons. The maximum atomic E-state index is 12.2. The molecular weight excluding hydrogens is 468 g/mol. The maximum absolute atomic E-state index is 12.2. The van der Waals surface area contributed by atoms with E-state index in [0.29, 0.717) is 28.2 Å². The number of methoxy groups -OCH3 is 2. The Kier molecular flexibility index (Phi) is 8.18. The number of anilines is 2. The average molecular weight is 495 g/mol. The molecule has 2 amide bonds. The number of hydrogen-bond donors (Lipinski definition) is 2. The summed E-state index contributed by atoms with van der Waals surface area (Å²) in [5.74, 6) is 1.86. The number of para-hydroxylation sites is 2. The second-order valence-electron chi connectivity index (χ2n) is 7.88. The van der Waals surface area contributed by atoms with Crippen molar-refractivity contribution in [2.24, 2.45) is 0 Å². The average Bonchev–Trinajstić information content (AvgIpc) is 2.94. The van der Waals surface area contributed by atoms with Crippen molar-refractivity contribution in [2.45, 2.75) is 0 Å². The molecule has 7 heteroatoms. The Morgan fingerprint density at radius 1 is 0.676 bits per heavy atom. The molecule has 0 aliphatic carbocycles. The first kappa shape index (κ1) is 25.1. The maximum Gasteiger partial charge on any atom is 0.323 e. The highest BCUT2D eigenvalue weighted by molar-refractivity contribution is 5.99. The fourth-order valence-electron chi connectivity index (χ4n) is 3.52. The third-order valence-electron chi connectivity index (χ3n) is 5.35. The van der Waals surface area contributed by atoms with Gasteiger partial charge in [-0.25, -0.2) is 4.79 Å². The number of hydrogen-bond acceptors (Lipinski definition) is 5. The second kappa shape index (κ2) is 12.1. The zero-order valence-corrected chi connectivity index (χ0v) is 20.4. The molecule has 0 saturated heterocycles. The molecule has 5 aromatic rings. The summed E-state index contributed by atoms with van der Waals surface area (Å²) in [6.07, 6.45) is 0. The molecule has 1 heterocycles. The lowest BCUT2D eigenvalue weighted by molar-refractivity contribution is 0.262. The number of carbonyl (C=O) groups excluding carboxylic acids is 1. The van der Waals surface area contributed by atoms with Gasteiger partial charge in [0.05, 0.1) is 19.6 Å². The van der Waals surface area contributed by atoms with E-state index in [1.165, 1.54) is 6.07 Å². The van der Waals surface area contributed by atoms with Gasteiger partial charge in [0.1, 0.15) is 22.8 Å². The number of fused-ring (bicyclic) bond motifs is 1. The lowest BCUT2D eigenvalue weighted by Crippen LogP contribution is -2.19. The van der Waals surface area contributed by atoms with Crippen molar-refractivity contribution in [3.8, 4) is 22.8 Å². The monoisotopic (exact) mass is 494 g/mol. The van der Waals surface area contributed by atoms with Gasteiger partial charge in [-0.3, -0.25) is 4.79 Å². The quantitative estimate of drug-likeness (QED) is 0.280. The molecule has 0 radical (unpaired) electrons. The summed E-state index contributed by atoms with van der Waals surface area (Å²) < 4.78 is 16.2. The lowest BCUT2D eigenvalue weighted by Gasteiger charge is -2.06.